The fraction of sp³-hybridized carbons (Fsp3) is 0.647. The van der Waals surface area contributed by atoms with E-state index < -0.39 is 0 Å². The van der Waals surface area contributed by atoms with Crippen LogP contribution in [0.4, 0.5) is 0 Å². The van der Waals surface area contributed by atoms with Crippen LogP contribution < -0.4 is 5.32 Å². The Morgan fingerprint density at radius 2 is 1.72 bits per heavy atom. The van der Waals surface area contributed by atoms with E-state index in [4.69, 9.17) is 0 Å². The molecular formula is C17H29N. The maximum absolute atomic E-state index is 3.68. The van der Waals surface area contributed by atoms with Gasteiger partial charge in [0.25, 0.3) is 0 Å². The fourth-order valence-electron chi connectivity index (χ4n) is 2.25. The highest BCUT2D eigenvalue weighted by Gasteiger charge is 2.07. The van der Waals surface area contributed by atoms with E-state index in [0.717, 1.165) is 18.9 Å². The van der Waals surface area contributed by atoms with Crippen molar-refractivity contribution in [2.45, 2.75) is 59.4 Å². The highest BCUT2D eigenvalue weighted by atomic mass is 14.9. The SMILES string of the molecule is CCC(NCCCCC(C)C)c1ccc(C)cc1. The Labute approximate surface area is 113 Å². The summed E-state index contributed by atoms with van der Waals surface area (Å²) >= 11 is 0. The van der Waals surface area contributed by atoms with E-state index in [9.17, 15) is 0 Å². The molecule has 0 aromatic heterocycles. The van der Waals surface area contributed by atoms with Gasteiger partial charge in [-0.05, 0) is 37.8 Å². The Morgan fingerprint density at radius 3 is 2.28 bits per heavy atom. The molecule has 1 aromatic rings. The third-order valence-electron chi connectivity index (χ3n) is 3.49. The maximum atomic E-state index is 3.68. The van der Waals surface area contributed by atoms with Crippen LogP contribution in [0.2, 0.25) is 0 Å². The Balaban J connectivity index is 2.31. The van der Waals surface area contributed by atoms with Gasteiger partial charge in [-0.25, -0.2) is 0 Å². The van der Waals surface area contributed by atoms with Gasteiger partial charge in [-0.15, -0.1) is 0 Å². The molecule has 1 heteroatoms. The van der Waals surface area contributed by atoms with Crippen LogP contribution in [0.3, 0.4) is 0 Å². The predicted molar refractivity (Wildman–Crippen MR) is 80.9 cm³/mol. The molecule has 0 fully saturated rings. The average Bonchev–Trinajstić information content (AvgIpc) is 2.35. The Bertz CT molecular complexity index is 313. The van der Waals surface area contributed by atoms with Gasteiger partial charge in [-0.3, -0.25) is 0 Å². The van der Waals surface area contributed by atoms with Crippen molar-refractivity contribution in [2.75, 3.05) is 6.54 Å². The molecule has 1 rings (SSSR count). The summed E-state index contributed by atoms with van der Waals surface area (Å²) in [5.74, 6) is 0.837. The van der Waals surface area contributed by atoms with Crippen molar-refractivity contribution in [3.63, 3.8) is 0 Å². The summed E-state index contributed by atoms with van der Waals surface area (Å²) in [7, 11) is 0. The van der Waals surface area contributed by atoms with E-state index in [1.54, 1.807) is 0 Å². The molecule has 0 saturated heterocycles. The molecule has 0 amide bonds. The molecule has 1 nitrogen and oxygen atoms in total. The number of benzene rings is 1. The van der Waals surface area contributed by atoms with Crippen LogP contribution in [0.25, 0.3) is 0 Å². The lowest BCUT2D eigenvalue weighted by Crippen LogP contribution is -2.21. The summed E-state index contributed by atoms with van der Waals surface area (Å²) in [5, 5.41) is 3.68. The molecule has 0 aliphatic rings. The summed E-state index contributed by atoms with van der Waals surface area (Å²) in [6, 6.07) is 9.44. The number of hydrogen-bond donors (Lipinski definition) is 1. The molecule has 1 aromatic carbocycles. The normalized spacial score (nSPS) is 12.9. The lowest BCUT2D eigenvalue weighted by atomic mass is 10.0. The summed E-state index contributed by atoms with van der Waals surface area (Å²) in [6.07, 6.45) is 5.14. The number of unbranched alkanes of at least 4 members (excludes halogenated alkanes) is 1. The van der Waals surface area contributed by atoms with Gasteiger partial charge in [-0.2, -0.15) is 0 Å². The van der Waals surface area contributed by atoms with Crippen LogP contribution in [0, 0.1) is 12.8 Å². The van der Waals surface area contributed by atoms with Crippen LogP contribution in [-0.4, -0.2) is 6.54 Å². The van der Waals surface area contributed by atoms with Crippen LogP contribution in [0.1, 0.15) is 63.6 Å². The van der Waals surface area contributed by atoms with E-state index in [2.05, 4.69) is 57.3 Å². The first-order valence-corrected chi connectivity index (χ1v) is 7.43. The monoisotopic (exact) mass is 247 g/mol. The second-order valence-corrected chi connectivity index (χ2v) is 5.72. The zero-order chi connectivity index (χ0) is 13.4. The quantitative estimate of drug-likeness (QED) is 0.647. The molecule has 0 bridgehead atoms. The number of aryl methyl sites for hydroxylation is 1. The standard InChI is InChI=1S/C17H29N/c1-5-17(16-11-9-15(4)10-12-16)18-13-7-6-8-14(2)3/h9-12,14,17-18H,5-8,13H2,1-4H3. The third-order valence-corrected chi connectivity index (χ3v) is 3.49. The maximum Gasteiger partial charge on any atom is 0.0317 e. The van der Waals surface area contributed by atoms with Gasteiger partial charge < -0.3 is 5.32 Å². The first-order chi connectivity index (χ1) is 8.63. The largest absolute Gasteiger partial charge is 0.310 e. The lowest BCUT2D eigenvalue weighted by molar-refractivity contribution is 0.476. The highest BCUT2D eigenvalue weighted by molar-refractivity contribution is 5.23. The van der Waals surface area contributed by atoms with Crippen LogP contribution in [0.5, 0.6) is 0 Å². The van der Waals surface area contributed by atoms with Gasteiger partial charge in [0.1, 0.15) is 0 Å². The van der Waals surface area contributed by atoms with Crippen molar-refractivity contribution in [3.8, 4) is 0 Å². The smallest absolute Gasteiger partial charge is 0.0317 e. The first kappa shape index (κ1) is 15.2. The predicted octanol–water partition coefficient (Wildman–Crippen LogP) is 4.86. The molecule has 0 aliphatic heterocycles. The van der Waals surface area contributed by atoms with Crippen LogP contribution in [-0.2, 0) is 0 Å². The van der Waals surface area contributed by atoms with E-state index in [-0.39, 0.29) is 0 Å². The fourth-order valence-corrected chi connectivity index (χ4v) is 2.25. The lowest BCUT2D eigenvalue weighted by Gasteiger charge is -2.18. The van der Waals surface area contributed by atoms with Crippen molar-refractivity contribution < 1.29 is 0 Å². The third kappa shape index (κ3) is 5.68. The molecule has 0 heterocycles. The zero-order valence-electron chi connectivity index (χ0n) is 12.5. The molecule has 0 saturated carbocycles. The van der Waals surface area contributed by atoms with Crippen molar-refractivity contribution in [2.24, 2.45) is 5.92 Å². The molecule has 18 heavy (non-hydrogen) atoms. The number of hydrogen-bond acceptors (Lipinski definition) is 1. The first-order valence-electron chi connectivity index (χ1n) is 7.43. The molecule has 0 aliphatic carbocycles. The van der Waals surface area contributed by atoms with Gasteiger partial charge in [0, 0.05) is 6.04 Å². The second-order valence-electron chi connectivity index (χ2n) is 5.72. The van der Waals surface area contributed by atoms with Crippen molar-refractivity contribution in [3.05, 3.63) is 35.4 Å². The van der Waals surface area contributed by atoms with Crippen LogP contribution >= 0.6 is 0 Å². The minimum Gasteiger partial charge on any atom is -0.310 e. The summed E-state index contributed by atoms with van der Waals surface area (Å²) in [6.45, 7) is 10.1. The minimum atomic E-state index is 0.518. The molecule has 0 spiro atoms. The van der Waals surface area contributed by atoms with Crippen molar-refractivity contribution in [1.82, 2.24) is 5.32 Å². The van der Waals surface area contributed by atoms with Crippen molar-refractivity contribution >= 4 is 0 Å². The van der Waals surface area contributed by atoms with E-state index in [0.29, 0.717) is 6.04 Å². The van der Waals surface area contributed by atoms with Gasteiger partial charge in [0.05, 0.1) is 0 Å². The Kier molecular flexibility index (Phi) is 7.04. The summed E-state index contributed by atoms with van der Waals surface area (Å²) < 4.78 is 0. The summed E-state index contributed by atoms with van der Waals surface area (Å²) in [5.41, 5.74) is 2.76. The molecule has 1 atom stereocenters. The van der Waals surface area contributed by atoms with E-state index >= 15 is 0 Å². The van der Waals surface area contributed by atoms with Crippen LogP contribution in [0.15, 0.2) is 24.3 Å². The van der Waals surface area contributed by atoms with Gasteiger partial charge in [0.2, 0.25) is 0 Å². The minimum absolute atomic E-state index is 0.518. The molecular weight excluding hydrogens is 218 g/mol. The Hall–Kier alpha value is -0.820. The summed E-state index contributed by atoms with van der Waals surface area (Å²) in [4.78, 5) is 0. The number of rotatable bonds is 8. The molecule has 1 N–H and O–H groups in total. The highest BCUT2D eigenvalue weighted by Crippen LogP contribution is 2.17. The topological polar surface area (TPSA) is 12.0 Å². The molecule has 1 unspecified atom stereocenters. The molecule has 102 valence electrons. The van der Waals surface area contributed by atoms with E-state index in [1.165, 1.54) is 30.4 Å². The van der Waals surface area contributed by atoms with Crippen molar-refractivity contribution in [1.29, 1.82) is 0 Å². The Morgan fingerprint density at radius 1 is 1.06 bits per heavy atom. The van der Waals surface area contributed by atoms with Gasteiger partial charge in [-0.1, -0.05) is 63.4 Å². The molecule has 0 radical (unpaired) electrons. The van der Waals surface area contributed by atoms with E-state index in [1.807, 2.05) is 0 Å². The van der Waals surface area contributed by atoms with Gasteiger partial charge >= 0.3 is 0 Å². The zero-order valence-corrected chi connectivity index (χ0v) is 12.5. The van der Waals surface area contributed by atoms with Gasteiger partial charge in [0.15, 0.2) is 0 Å². The number of nitrogens with one attached hydrogen (secondary N) is 1. The second kappa shape index (κ2) is 8.31. The average molecular weight is 247 g/mol.